The third-order valence-corrected chi connectivity index (χ3v) is 6.17. The quantitative estimate of drug-likeness (QED) is 0.755. The van der Waals surface area contributed by atoms with Gasteiger partial charge in [0.25, 0.3) is 0 Å². The van der Waals surface area contributed by atoms with E-state index in [-0.39, 0.29) is 0 Å². The van der Waals surface area contributed by atoms with Crippen molar-refractivity contribution in [3.63, 3.8) is 0 Å². The number of ether oxygens (including phenoxy) is 1. The zero-order valence-electron chi connectivity index (χ0n) is 15.1. The van der Waals surface area contributed by atoms with Crippen LogP contribution in [-0.2, 0) is 4.74 Å². The third-order valence-electron chi connectivity index (χ3n) is 5.76. The molecular formula is C19H28ClN3O2. The minimum Gasteiger partial charge on any atom is -0.381 e. The first kappa shape index (κ1) is 18.6. The lowest BCUT2D eigenvalue weighted by atomic mass is 9.90. The van der Waals surface area contributed by atoms with Gasteiger partial charge in [-0.15, -0.1) is 4.91 Å². The normalized spacial score (nSPS) is 25.7. The largest absolute Gasteiger partial charge is 0.381 e. The number of nitroso groups, excluding NO2 is 1. The number of aryl methyl sites for hydroxylation is 1. The highest BCUT2D eigenvalue weighted by Gasteiger charge is 2.29. The zero-order chi connectivity index (χ0) is 17.8. The second kappa shape index (κ2) is 8.47. The van der Waals surface area contributed by atoms with Gasteiger partial charge < -0.3 is 15.0 Å². The lowest BCUT2D eigenvalue weighted by Gasteiger charge is -2.41. The molecule has 0 amide bonds. The monoisotopic (exact) mass is 365 g/mol. The summed E-state index contributed by atoms with van der Waals surface area (Å²) >= 11 is 6.09. The summed E-state index contributed by atoms with van der Waals surface area (Å²) < 4.78 is 5.48. The third kappa shape index (κ3) is 4.52. The lowest BCUT2D eigenvalue weighted by Crippen LogP contribution is -2.46. The molecule has 1 N–H and O–H groups in total. The van der Waals surface area contributed by atoms with Crippen molar-refractivity contribution in [2.75, 3.05) is 25.5 Å². The number of hydrogen-bond donors (Lipinski definition) is 1. The molecule has 1 aromatic carbocycles. The van der Waals surface area contributed by atoms with Crippen LogP contribution in [0.2, 0.25) is 5.02 Å². The maximum atomic E-state index is 11.1. The van der Waals surface area contributed by atoms with Crippen molar-refractivity contribution in [2.45, 2.75) is 63.6 Å². The molecule has 0 spiro atoms. The molecule has 3 rings (SSSR count). The summed E-state index contributed by atoms with van der Waals surface area (Å²) in [5.41, 5.74) is 2.16. The van der Waals surface area contributed by atoms with Crippen LogP contribution in [0.5, 0.6) is 0 Å². The number of piperidine rings is 1. The van der Waals surface area contributed by atoms with E-state index in [1.54, 1.807) is 6.07 Å². The molecule has 2 fully saturated rings. The van der Waals surface area contributed by atoms with Gasteiger partial charge in [0, 0.05) is 37.3 Å². The van der Waals surface area contributed by atoms with Gasteiger partial charge in [0.05, 0.1) is 11.8 Å². The fourth-order valence-corrected chi connectivity index (χ4v) is 4.29. The summed E-state index contributed by atoms with van der Waals surface area (Å²) in [5.74, 6) is 0. The maximum Gasteiger partial charge on any atom is 0.132 e. The van der Waals surface area contributed by atoms with Crippen LogP contribution in [0.15, 0.2) is 17.3 Å². The Kier molecular flexibility index (Phi) is 6.31. The first-order valence-corrected chi connectivity index (χ1v) is 9.65. The number of hydrogen-bond acceptors (Lipinski definition) is 5. The number of halogens is 1. The smallest absolute Gasteiger partial charge is 0.132 e. The van der Waals surface area contributed by atoms with Crippen molar-refractivity contribution in [1.82, 2.24) is 4.90 Å². The molecule has 138 valence electrons. The highest BCUT2D eigenvalue weighted by atomic mass is 35.5. The van der Waals surface area contributed by atoms with E-state index in [1.807, 2.05) is 20.1 Å². The molecule has 1 saturated heterocycles. The predicted octanol–water partition coefficient (Wildman–Crippen LogP) is 4.88. The molecule has 0 radical (unpaired) electrons. The summed E-state index contributed by atoms with van der Waals surface area (Å²) in [4.78, 5) is 13.7. The van der Waals surface area contributed by atoms with Gasteiger partial charge in [-0.05, 0) is 68.3 Å². The SMILES string of the molecule is COC1CCC(N2CCC(Nc3cc(C)c(Cl)cc3N=O)CC2)CC1. The first-order valence-electron chi connectivity index (χ1n) is 9.27. The number of nitrogens with one attached hydrogen (secondary N) is 1. The molecule has 5 nitrogen and oxygen atoms in total. The van der Waals surface area contributed by atoms with Gasteiger partial charge in [-0.3, -0.25) is 0 Å². The maximum absolute atomic E-state index is 11.1. The molecular weight excluding hydrogens is 338 g/mol. The number of rotatable bonds is 5. The summed E-state index contributed by atoms with van der Waals surface area (Å²) in [5, 5.41) is 7.22. The highest BCUT2D eigenvalue weighted by molar-refractivity contribution is 6.31. The molecule has 1 aliphatic heterocycles. The number of anilines is 1. The van der Waals surface area contributed by atoms with Crippen LogP contribution in [0.4, 0.5) is 11.4 Å². The van der Waals surface area contributed by atoms with Crippen LogP contribution < -0.4 is 5.32 Å². The molecule has 0 atom stereocenters. The molecule has 6 heteroatoms. The Hall–Kier alpha value is -1.17. The summed E-state index contributed by atoms with van der Waals surface area (Å²) in [6.45, 7) is 4.16. The molecule has 0 aromatic heterocycles. The number of benzene rings is 1. The van der Waals surface area contributed by atoms with Gasteiger partial charge in [0.1, 0.15) is 5.69 Å². The van der Waals surface area contributed by atoms with Crippen LogP contribution in [0.1, 0.15) is 44.1 Å². The standard InChI is InChI=1S/C19H28ClN3O2/c1-13-11-18(19(22-24)12-17(13)20)21-14-7-9-23(10-8-14)15-3-5-16(25-2)6-4-15/h11-12,14-16,21H,3-10H2,1-2H3. The van der Waals surface area contributed by atoms with Crippen molar-refractivity contribution in [3.05, 3.63) is 27.6 Å². The fraction of sp³-hybridized carbons (Fsp3) is 0.684. The van der Waals surface area contributed by atoms with E-state index in [0.29, 0.717) is 28.9 Å². The average molecular weight is 366 g/mol. The Bertz CT molecular complexity index is 595. The van der Waals surface area contributed by atoms with Crippen molar-refractivity contribution in [2.24, 2.45) is 5.18 Å². The van der Waals surface area contributed by atoms with E-state index < -0.39 is 0 Å². The Labute approximate surface area is 155 Å². The summed E-state index contributed by atoms with van der Waals surface area (Å²) in [6.07, 6.45) is 7.47. The molecule has 1 heterocycles. The van der Waals surface area contributed by atoms with Crippen molar-refractivity contribution >= 4 is 23.0 Å². The first-order chi connectivity index (χ1) is 12.1. The Balaban J connectivity index is 1.53. The Morgan fingerprint density at radius 2 is 1.84 bits per heavy atom. The van der Waals surface area contributed by atoms with Crippen LogP contribution in [-0.4, -0.2) is 43.3 Å². The second-order valence-corrected chi connectivity index (χ2v) is 7.74. The van der Waals surface area contributed by atoms with Crippen LogP contribution in [0.3, 0.4) is 0 Å². The Morgan fingerprint density at radius 3 is 2.44 bits per heavy atom. The second-order valence-electron chi connectivity index (χ2n) is 7.33. The topological polar surface area (TPSA) is 53.9 Å². The van der Waals surface area contributed by atoms with Gasteiger partial charge in [-0.25, -0.2) is 0 Å². The highest BCUT2D eigenvalue weighted by Crippen LogP contribution is 2.33. The Morgan fingerprint density at radius 1 is 1.16 bits per heavy atom. The van der Waals surface area contributed by atoms with Gasteiger partial charge in [0.15, 0.2) is 0 Å². The summed E-state index contributed by atoms with van der Waals surface area (Å²) in [6, 6.07) is 4.66. The van der Waals surface area contributed by atoms with Gasteiger partial charge in [0.2, 0.25) is 0 Å². The molecule has 25 heavy (non-hydrogen) atoms. The fourth-order valence-electron chi connectivity index (χ4n) is 4.14. The van der Waals surface area contributed by atoms with Gasteiger partial charge in [-0.2, -0.15) is 0 Å². The van der Waals surface area contributed by atoms with Crippen molar-refractivity contribution in [3.8, 4) is 0 Å². The predicted molar refractivity (Wildman–Crippen MR) is 103 cm³/mol. The molecule has 1 saturated carbocycles. The van der Waals surface area contributed by atoms with E-state index in [2.05, 4.69) is 15.4 Å². The van der Waals surface area contributed by atoms with Crippen LogP contribution in [0, 0.1) is 11.8 Å². The van der Waals surface area contributed by atoms with E-state index >= 15 is 0 Å². The number of methoxy groups -OCH3 is 1. The lowest BCUT2D eigenvalue weighted by molar-refractivity contribution is 0.0329. The van der Waals surface area contributed by atoms with Crippen LogP contribution in [0.25, 0.3) is 0 Å². The molecule has 2 aliphatic rings. The number of nitrogens with zero attached hydrogens (tertiary/aromatic N) is 2. The van der Waals surface area contributed by atoms with Crippen molar-refractivity contribution < 1.29 is 4.74 Å². The van der Waals surface area contributed by atoms with Crippen LogP contribution >= 0.6 is 11.6 Å². The molecule has 1 aromatic rings. The van der Waals surface area contributed by atoms with E-state index in [4.69, 9.17) is 16.3 Å². The summed E-state index contributed by atoms with van der Waals surface area (Å²) in [7, 11) is 1.82. The van der Waals surface area contributed by atoms with Gasteiger partial charge >= 0.3 is 0 Å². The molecule has 1 aliphatic carbocycles. The number of likely N-dealkylation sites (tertiary alicyclic amines) is 1. The van der Waals surface area contributed by atoms with E-state index in [9.17, 15) is 4.91 Å². The van der Waals surface area contributed by atoms with E-state index in [1.165, 1.54) is 25.7 Å². The minimum absolute atomic E-state index is 0.382. The molecule has 0 bridgehead atoms. The van der Waals surface area contributed by atoms with Crippen molar-refractivity contribution in [1.29, 1.82) is 0 Å². The average Bonchev–Trinajstić information content (AvgIpc) is 2.65. The molecule has 0 unspecified atom stereocenters. The van der Waals surface area contributed by atoms with Gasteiger partial charge in [-0.1, -0.05) is 11.6 Å². The minimum atomic E-state index is 0.382. The van der Waals surface area contributed by atoms with E-state index in [0.717, 1.165) is 37.2 Å². The zero-order valence-corrected chi connectivity index (χ0v) is 15.9.